The van der Waals surface area contributed by atoms with Crippen LogP contribution in [0.4, 0.5) is 0 Å². The quantitative estimate of drug-likeness (QED) is 0.915. The summed E-state index contributed by atoms with van der Waals surface area (Å²) < 4.78 is 27.3. The summed E-state index contributed by atoms with van der Waals surface area (Å²) in [7, 11) is -4.05. The van der Waals surface area contributed by atoms with E-state index in [-0.39, 0.29) is 10.5 Å². The third kappa shape index (κ3) is 2.56. The smallest absolute Gasteiger partial charge is 0.371 e. The Morgan fingerprint density at radius 2 is 1.85 bits per heavy atom. The van der Waals surface area contributed by atoms with Gasteiger partial charge in [-0.2, -0.15) is 13.6 Å². The van der Waals surface area contributed by atoms with Gasteiger partial charge >= 0.3 is 10.3 Å². The van der Waals surface area contributed by atoms with Crippen LogP contribution in [0.25, 0.3) is 10.1 Å². The lowest BCUT2D eigenvalue weighted by atomic mass is 9.91. The molecule has 0 radical (unpaired) electrons. The zero-order chi connectivity index (χ0) is 14.3. The van der Waals surface area contributed by atoms with Gasteiger partial charge in [-0.15, -0.1) is 0 Å². The SMILES string of the molecule is NS(=O)(=O)Oc1ccc2c3c(c(=O)sc2c1)CCCC3. The molecule has 0 amide bonds. The first-order chi connectivity index (χ1) is 9.44. The average molecular weight is 311 g/mol. The number of aryl methyl sites for hydroxylation is 1. The Balaban J connectivity index is 2.19. The molecule has 1 aromatic carbocycles. The number of hydrogen-bond acceptors (Lipinski definition) is 5. The molecule has 0 saturated heterocycles. The van der Waals surface area contributed by atoms with Crippen LogP contribution in [0.1, 0.15) is 24.0 Å². The van der Waals surface area contributed by atoms with Gasteiger partial charge in [0.25, 0.3) is 0 Å². The second kappa shape index (κ2) is 4.83. The van der Waals surface area contributed by atoms with E-state index in [9.17, 15) is 13.2 Å². The van der Waals surface area contributed by atoms with E-state index in [1.165, 1.54) is 0 Å². The van der Waals surface area contributed by atoms with Crippen molar-refractivity contribution in [3.63, 3.8) is 0 Å². The van der Waals surface area contributed by atoms with Gasteiger partial charge in [0, 0.05) is 10.3 Å². The molecule has 5 nitrogen and oxygen atoms in total. The van der Waals surface area contributed by atoms with Gasteiger partial charge in [0.1, 0.15) is 5.75 Å². The van der Waals surface area contributed by atoms with Crippen molar-refractivity contribution in [1.82, 2.24) is 0 Å². The summed E-state index contributed by atoms with van der Waals surface area (Å²) >= 11 is 1.13. The van der Waals surface area contributed by atoms with E-state index < -0.39 is 10.3 Å². The topological polar surface area (TPSA) is 86.5 Å². The van der Waals surface area contributed by atoms with Gasteiger partial charge in [-0.1, -0.05) is 11.3 Å². The lowest BCUT2D eigenvalue weighted by molar-refractivity contribution is 0.488. The molecule has 1 aliphatic rings. The summed E-state index contributed by atoms with van der Waals surface area (Å²) in [5.74, 6) is 0.131. The molecule has 0 spiro atoms. The van der Waals surface area contributed by atoms with Crippen molar-refractivity contribution in [3.8, 4) is 5.75 Å². The van der Waals surface area contributed by atoms with Crippen molar-refractivity contribution in [3.05, 3.63) is 38.9 Å². The Hall–Kier alpha value is -1.44. The van der Waals surface area contributed by atoms with Crippen LogP contribution in [0.3, 0.4) is 0 Å². The molecule has 2 N–H and O–H groups in total. The van der Waals surface area contributed by atoms with Crippen molar-refractivity contribution in [2.45, 2.75) is 25.7 Å². The van der Waals surface area contributed by atoms with E-state index in [4.69, 9.17) is 5.14 Å². The summed E-state index contributed by atoms with van der Waals surface area (Å²) in [6, 6.07) is 4.93. The highest BCUT2D eigenvalue weighted by atomic mass is 32.2. The summed E-state index contributed by atoms with van der Waals surface area (Å²) in [5.41, 5.74) is 2.01. The Kier molecular flexibility index (Phi) is 3.27. The summed E-state index contributed by atoms with van der Waals surface area (Å²) in [4.78, 5) is 12.1. The molecule has 0 saturated carbocycles. The molecule has 3 rings (SSSR count). The van der Waals surface area contributed by atoms with Gasteiger partial charge in [-0.3, -0.25) is 4.79 Å². The Bertz CT molecular complexity index is 839. The largest absolute Gasteiger partial charge is 0.380 e. The first-order valence-electron chi connectivity index (χ1n) is 6.25. The van der Waals surface area contributed by atoms with Gasteiger partial charge < -0.3 is 4.18 Å². The number of rotatable bonds is 2. The molecule has 0 atom stereocenters. The van der Waals surface area contributed by atoms with Crippen molar-refractivity contribution >= 4 is 31.7 Å². The fraction of sp³-hybridized carbons (Fsp3) is 0.308. The second-order valence-corrected chi connectivity index (χ2v) is 6.95. The minimum atomic E-state index is -4.05. The third-order valence-electron chi connectivity index (χ3n) is 3.41. The van der Waals surface area contributed by atoms with Crippen molar-refractivity contribution < 1.29 is 12.6 Å². The first-order valence-corrected chi connectivity index (χ1v) is 8.54. The standard InChI is InChI=1S/C13H13NO4S2/c14-20(16,17)18-8-5-6-10-9-3-1-2-4-11(9)13(15)19-12(10)7-8/h5-7H,1-4H2,(H2,14,16,17). The molecular weight excluding hydrogens is 298 g/mol. The van der Waals surface area contributed by atoms with E-state index >= 15 is 0 Å². The monoisotopic (exact) mass is 311 g/mol. The number of hydrogen-bond donors (Lipinski definition) is 1. The van der Waals surface area contributed by atoms with Crippen molar-refractivity contribution in [2.24, 2.45) is 5.14 Å². The highest BCUT2D eigenvalue weighted by Gasteiger charge is 2.17. The van der Waals surface area contributed by atoms with E-state index in [0.717, 1.165) is 58.2 Å². The predicted molar refractivity (Wildman–Crippen MR) is 78.5 cm³/mol. The molecule has 1 aliphatic carbocycles. The lowest BCUT2D eigenvalue weighted by Gasteiger charge is -2.16. The molecule has 1 heterocycles. The minimum Gasteiger partial charge on any atom is -0.371 e. The normalized spacial score (nSPS) is 15.1. The zero-order valence-corrected chi connectivity index (χ0v) is 12.2. The molecule has 7 heteroatoms. The number of nitrogens with two attached hydrogens (primary N) is 1. The van der Waals surface area contributed by atoms with Gasteiger partial charge in [-0.25, -0.2) is 0 Å². The number of benzene rings is 1. The second-order valence-electron chi connectivity index (χ2n) is 4.79. The van der Waals surface area contributed by atoms with E-state index in [2.05, 4.69) is 4.18 Å². The molecule has 2 aromatic rings. The van der Waals surface area contributed by atoms with Crippen molar-refractivity contribution in [1.29, 1.82) is 0 Å². The average Bonchev–Trinajstić information content (AvgIpc) is 2.37. The fourth-order valence-electron chi connectivity index (χ4n) is 2.61. The third-order valence-corrected chi connectivity index (χ3v) is 4.82. The maximum absolute atomic E-state index is 12.1. The predicted octanol–water partition coefficient (Wildman–Crippen LogP) is 1.72. The summed E-state index contributed by atoms with van der Waals surface area (Å²) in [6.07, 6.45) is 3.85. The first kappa shape index (κ1) is 13.5. The molecule has 106 valence electrons. The van der Waals surface area contributed by atoms with Gasteiger partial charge in [0.2, 0.25) is 4.74 Å². The Morgan fingerprint density at radius 3 is 2.55 bits per heavy atom. The maximum atomic E-state index is 12.1. The summed E-state index contributed by atoms with van der Waals surface area (Å²) in [6.45, 7) is 0. The molecule has 0 unspecified atom stereocenters. The number of fused-ring (bicyclic) bond motifs is 3. The van der Waals surface area contributed by atoms with Crippen LogP contribution < -0.4 is 14.1 Å². The lowest BCUT2D eigenvalue weighted by Crippen LogP contribution is -2.19. The minimum absolute atomic E-state index is 0.0555. The summed E-state index contributed by atoms with van der Waals surface area (Å²) in [5, 5.41) is 5.85. The van der Waals surface area contributed by atoms with Crippen LogP contribution in [-0.2, 0) is 23.1 Å². The fourth-order valence-corrected chi connectivity index (χ4v) is 4.01. The van der Waals surface area contributed by atoms with Gasteiger partial charge in [0.15, 0.2) is 0 Å². The molecule has 20 heavy (non-hydrogen) atoms. The Morgan fingerprint density at radius 1 is 1.15 bits per heavy atom. The highest BCUT2D eigenvalue weighted by molar-refractivity contribution is 7.84. The van der Waals surface area contributed by atoms with E-state index in [0.29, 0.717) is 0 Å². The van der Waals surface area contributed by atoms with Crippen molar-refractivity contribution in [2.75, 3.05) is 0 Å². The molecule has 0 fully saturated rings. The van der Waals surface area contributed by atoms with Crippen LogP contribution >= 0.6 is 11.3 Å². The van der Waals surface area contributed by atoms with Gasteiger partial charge in [-0.05, 0) is 54.8 Å². The maximum Gasteiger partial charge on any atom is 0.380 e. The van der Waals surface area contributed by atoms with E-state index in [1.807, 2.05) is 0 Å². The molecule has 1 aromatic heterocycles. The molecular formula is C13H13NO4S2. The van der Waals surface area contributed by atoms with Crippen LogP contribution in [0.15, 0.2) is 23.0 Å². The van der Waals surface area contributed by atoms with Crippen LogP contribution in [0.5, 0.6) is 5.75 Å². The highest BCUT2D eigenvalue weighted by Crippen LogP contribution is 2.31. The van der Waals surface area contributed by atoms with Crippen LogP contribution in [0.2, 0.25) is 0 Å². The van der Waals surface area contributed by atoms with Gasteiger partial charge in [0.05, 0.1) is 0 Å². The van der Waals surface area contributed by atoms with E-state index in [1.54, 1.807) is 18.2 Å². The molecule has 0 bridgehead atoms. The van der Waals surface area contributed by atoms with Crippen LogP contribution in [0, 0.1) is 0 Å². The molecule has 0 aliphatic heterocycles. The zero-order valence-electron chi connectivity index (χ0n) is 10.6. The Labute approximate surface area is 120 Å². The van der Waals surface area contributed by atoms with Crippen LogP contribution in [-0.4, -0.2) is 8.42 Å².